The van der Waals surface area contributed by atoms with Crippen LogP contribution in [0.15, 0.2) is 0 Å². The van der Waals surface area contributed by atoms with Gasteiger partial charge >= 0.3 is 0 Å². The van der Waals surface area contributed by atoms with Gasteiger partial charge < -0.3 is 5.11 Å². The van der Waals surface area contributed by atoms with Crippen LogP contribution in [-0.4, -0.2) is 17.0 Å². The van der Waals surface area contributed by atoms with Crippen LogP contribution in [0.3, 0.4) is 0 Å². The van der Waals surface area contributed by atoms with Crippen LogP contribution < -0.4 is 0 Å². The standard InChI is InChI=1S/C11H18O2/c1-9(2)10(3)5-6-11(9,4)8(13)7(10)12/h7,12H,5-6H2,1-4H3/t7-,10+,11-/m0/s1. The van der Waals surface area contributed by atoms with Crippen LogP contribution in [0.2, 0.25) is 0 Å². The Morgan fingerprint density at radius 3 is 2.00 bits per heavy atom. The molecule has 2 rings (SSSR count). The van der Waals surface area contributed by atoms with Gasteiger partial charge in [0.15, 0.2) is 5.78 Å². The lowest BCUT2D eigenvalue weighted by atomic mass is 9.66. The average Bonchev–Trinajstić information content (AvgIpc) is 2.28. The summed E-state index contributed by atoms with van der Waals surface area (Å²) in [6, 6.07) is 0. The maximum atomic E-state index is 11.9. The topological polar surface area (TPSA) is 37.3 Å². The van der Waals surface area contributed by atoms with Crippen molar-refractivity contribution in [2.24, 2.45) is 16.2 Å². The summed E-state index contributed by atoms with van der Waals surface area (Å²) >= 11 is 0. The molecule has 0 spiro atoms. The molecule has 2 aliphatic carbocycles. The molecule has 0 amide bonds. The summed E-state index contributed by atoms with van der Waals surface area (Å²) in [6.07, 6.45) is 1.18. The highest BCUT2D eigenvalue weighted by molar-refractivity contribution is 5.94. The Balaban J connectivity index is 2.61. The molecule has 2 nitrogen and oxygen atoms in total. The first-order valence-electron chi connectivity index (χ1n) is 5.00. The van der Waals surface area contributed by atoms with Gasteiger partial charge in [-0.05, 0) is 18.3 Å². The summed E-state index contributed by atoms with van der Waals surface area (Å²) in [5, 5.41) is 9.90. The number of ketones is 1. The van der Waals surface area contributed by atoms with Crippen molar-refractivity contribution in [3.63, 3.8) is 0 Å². The molecule has 2 fully saturated rings. The van der Waals surface area contributed by atoms with Crippen molar-refractivity contribution >= 4 is 5.78 Å². The largest absolute Gasteiger partial charge is 0.385 e. The molecule has 13 heavy (non-hydrogen) atoms. The smallest absolute Gasteiger partial charge is 0.168 e. The zero-order chi connectivity index (χ0) is 10.1. The van der Waals surface area contributed by atoms with Gasteiger partial charge in [-0.3, -0.25) is 4.79 Å². The van der Waals surface area contributed by atoms with E-state index < -0.39 is 6.10 Å². The molecule has 0 aromatic heterocycles. The monoisotopic (exact) mass is 182 g/mol. The Morgan fingerprint density at radius 2 is 1.77 bits per heavy atom. The van der Waals surface area contributed by atoms with Gasteiger partial charge in [-0.25, -0.2) is 0 Å². The van der Waals surface area contributed by atoms with Crippen LogP contribution >= 0.6 is 0 Å². The molecule has 3 atom stereocenters. The predicted molar refractivity (Wildman–Crippen MR) is 50.2 cm³/mol. The Labute approximate surface area is 79.3 Å². The number of aliphatic hydroxyl groups is 1. The molecule has 0 unspecified atom stereocenters. The van der Waals surface area contributed by atoms with Gasteiger partial charge in [-0.2, -0.15) is 0 Å². The number of rotatable bonds is 0. The van der Waals surface area contributed by atoms with E-state index in [9.17, 15) is 9.90 Å². The zero-order valence-corrected chi connectivity index (χ0v) is 8.85. The summed E-state index contributed by atoms with van der Waals surface area (Å²) < 4.78 is 0. The lowest BCUT2D eigenvalue weighted by molar-refractivity contribution is -0.136. The van der Waals surface area contributed by atoms with E-state index in [1.54, 1.807) is 0 Å². The van der Waals surface area contributed by atoms with Crippen LogP contribution in [0.1, 0.15) is 40.5 Å². The van der Waals surface area contributed by atoms with E-state index in [-0.39, 0.29) is 22.0 Å². The first-order chi connectivity index (χ1) is 5.77. The Bertz CT molecular complexity index is 279. The van der Waals surface area contributed by atoms with Crippen molar-refractivity contribution in [1.82, 2.24) is 0 Å². The number of Topliss-reactive ketones (excluding diaryl/α,β-unsaturated/α-hetero) is 1. The molecule has 74 valence electrons. The van der Waals surface area contributed by atoms with Gasteiger partial charge in [-0.1, -0.05) is 27.7 Å². The highest BCUT2D eigenvalue weighted by Gasteiger charge is 2.72. The summed E-state index contributed by atoms with van der Waals surface area (Å²) in [4.78, 5) is 11.9. The zero-order valence-electron chi connectivity index (χ0n) is 8.85. The minimum Gasteiger partial charge on any atom is -0.385 e. The van der Waals surface area contributed by atoms with Gasteiger partial charge in [0.05, 0.1) is 0 Å². The summed E-state index contributed by atoms with van der Waals surface area (Å²) in [5.41, 5.74) is -0.545. The van der Waals surface area contributed by atoms with E-state index in [1.165, 1.54) is 0 Å². The Kier molecular flexibility index (Phi) is 1.42. The Hall–Kier alpha value is -0.370. The number of hydrogen-bond acceptors (Lipinski definition) is 2. The molecule has 0 saturated heterocycles. The van der Waals surface area contributed by atoms with Crippen molar-refractivity contribution in [2.75, 3.05) is 0 Å². The van der Waals surface area contributed by atoms with Gasteiger partial charge in [0.1, 0.15) is 6.10 Å². The lowest BCUT2D eigenvalue weighted by Gasteiger charge is -2.37. The van der Waals surface area contributed by atoms with Crippen molar-refractivity contribution in [3.05, 3.63) is 0 Å². The average molecular weight is 182 g/mol. The first kappa shape index (κ1) is 9.20. The third kappa shape index (κ3) is 0.653. The van der Waals surface area contributed by atoms with E-state index >= 15 is 0 Å². The fraction of sp³-hybridized carbons (Fsp3) is 0.909. The number of hydrogen-bond donors (Lipinski definition) is 1. The highest BCUT2D eigenvalue weighted by Crippen LogP contribution is 2.70. The van der Waals surface area contributed by atoms with Crippen molar-refractivity contribution in [2.45, 2.75) is 46.6 Å². The highest BCUT2D eigenvalue weighted by atomic mass is 16.3. The molecular weight excluding hydrogens is 164 g/mol. The van der Waals surface area contributed by atoms with Crippen molar-refractivity contribution < 1.29 is 9.90 Å². The van der Waals surface area contributed by atoms with Crippen LogP contribution in [0.25, 0.3) is 0 Å². The minimum absolute atomic E-state index is 0.0590. The Morgan fingerprint density at radius 1 is 1.23 bits per heavy atom. The van der Waals surface area contributed by atoms with Gasteiger partial charge in [0.25, 0.3) is 0 Å². The molecule has 2 aliphatic rings. The third-order valence-corrected chi connectivity index (χ3v) is 5.35. The maximum absolute atomic E-state index is 11.9. The third-order valence-electron chi connectivity index (χ3n) is 5.35. The molecular formula is C11H18O2. The summed E-state index contributed by atoms with van der Waals surface area (Å²) in [5.74, 6) is 0.0613. The van der Waals surface area contributed by atoms with Crippen LogP contribution in [0.5, 0.6) is 0 Å². The minimum atomic E-state index is -0.735. The molecule has 1 N–H and O–H groups in total. The fourth-order valence-corrected chi connectivity index (χ4v) is 3.27. The van der Waals surface area contributed by atoms with Crippen LogP contribution in [-0.2, 0) is 4.79 Å². The maximum Gasteiger partial charge on any atom is 0.168 e. The van der Waals surface area contributed by atoms with Crippen LogP contribution in [0.4, 0.5) is 0 Å². The molecule has 0 radical (unpaired) electrons. The van der Waals surface area contributed by atoms with Gasteiger partial charge in [0, 0.05) is 10.8 Å². The second kappa shape index (κ2) is 2.00. The molecule has 0 aromatic rings. The molecule has 0 aromatic carbocycles. The van der Waals surface area contributed by atoms with Crippen molar-refractivity contribution in [1.29, 1.82) is 0 Å². The van der Waals surface area contributed by atoms with Crippen molar-refractivity contribution in [3.8, 4) is 0 Å². The van der Waals surface area contributed by atoms with E-state index in [0.29, 0.717) is 0 Å². The lowest BCUT2D eigenvalue weighted by Crippen LogP contribution is -2.37. The second-order valence-electron chi connectivity index (χ2n) is 5.64. The number of carbonyl (C=O) groups excluding carboxylic acids is 1. The SMILES string of the molecule is CC1(C)[C@@]2(C)CC[C@]1(C)[C@@H](O)C2=O. The number of fused-ring (bicyclic) bond motifs is 2. The summed E-state index contributed by atoms with van der Waals surface area (Å²) in [7, 11) is 0. The van der Waals surface area contributed by atoms with E-state index in [0.717, 1.165) is 12.8 Å². The molecule has 0 aliphatic heterocycles. The molecule has 2 saturated carbocycles. The van der Waals surface area contributed by atoms with E-state index in [1.807, 2.05) is 13.8 Å². The predicted octanol–water partition coefficient (Wildman–Crippen LogP) is 1.76. The number of carbonyl (C=O) groups is 1. The van der Waals surface area contributed by atoms with E-state index in [4.69, 9.17) is 0 Å². The van der Waals surface area contributed by atoms with Gasteiger partial charge in [0.2, 0.25) is 0 Å². The fourth-order valence-electron chi connectivity index (χ4n) is 3.27. The summed E-state index contributed by atoms with van der Waals surface area (Å²) in [6.45, 7) is 8.30. The van der Waals surface area contributed by atoms with Crippen LogP contribution in [0, 0.1) is 16.2 Å². The molecule has 0 heterocycles. The second-order valence-corrected chi connectivity index (χ2v) is 5.64. The quantitative estimate of drug-likeness (QED) is 0.620. The van der Waals surface area contributed by atoms with Gasteiger partial charge in [-0.15, -0.1) is 0 Å². The normalized spacial score (nSPS) is 53.0. The molecule has 2 bridgehead atoms. The first-order valence-corrected chi connectivity index (χ1v) is 5.00. The van der Waals surface area contributed by atoms with E-state index in [2.05, 4.69) is 13.8 Å². The molecule has 2 heteroatoms. The number of aliphatic hydroxyl groups excluding tert-OH is 1.